The first-order valence-corrected chi connectivity index (χ1v) is 10.2. The number of carbonyl (C=O) groups excluding carboxylic acids is 2. The topological polar surface area (TPSA) is 71.9 Å². The molecule has 0 spiro atoms. The monoisotopic (exact) mass is 417 g/mol. The first kappa shape index (κ1) is 19.7. The van der Waals surface area contributed by atoms with E-state index in [0.29, 0.717) is 10.8 Å². The van der Waals surface area contributed by atoms with Gasteiger partial charge in [0, 0.05) is 17.9 Å². The van der Waals surface area contributed by atoms with Gasteiger partial charge >= 0.3 is 5.97 Å². The zero-order valence-electron chi connectivity index (χ0n) is 16.7. The van der Waals surface area contributed by atoms with Gasteiger partial charge in [0.05, 0.1) is 11.4 Å². The predicted molar refractivity (Wildman–Crippen MR) is 118 cm³/mol. The van der Waals surface area contributed by atoms with Gasteiger partial charge in [0.15, 0.2) is 10.8 Å². The molecule has 0 aliphatic carbocycles. The molecule has 1 aromatic heterocycles. The van der Waals surface area contributed by atoms with Crippen molar-refractivity contribution in [2.24, 2.45) is 4.99 Å². The van der Waals surface area contributed by atoms with Crippen LogP contribution in [0.15, 0.2) is 64.6 Å². The SMILES string of the molecule is CC(=O)N(c1ccccc1)c1nc(C=C2N=C(c3cc(C)cc(C)c3)OC2=O)cs1. The maximum atomic E-state index is 12.3. The second-order valence-electron chi connectivity index (χ2n) is 6.96. The molecule has 1 aliphatic rings. The number of amides is 1. The largest absolute Gasteiger partial charge is 0.402 e. The number of thiazole rings is 1. The summed E-state index contributed by atoms with van der Waals surface area (Å²) in [5, 5.41) is 2.30. The third-order valence-corrected chi connectivity index (χ3v) is 5.25. The van der Waals surface area contributed by atoms with E-state index in [1.807, 2.05) is 62.4 Å². The average Bonchev–Trinajstić information content (AvgIpc) is 3.29. The molecule has 30 heavy (non-hydrogen) atoms. The minimum absolute atomic E-state index is 0.148. The third kappa shape index (κ3) is 4.06. The highest BCUT2D eigenvalue weighted by Crippen LogP contribution is 2.30. The minimum atomic E-state index is -0.523. The number of hydrogen-bond acceptors (Lipinski definition) is 6. The number of carbonyl (C=O) groups is 2. The van der Waals surface area contributed by atoms with Crippen molar-refractivity contribution in [3.05, 3.63) is 82.0 Å². The van der Waals surface area contributed by atoms with Crippen molar-refractivity contribution in [3.63, 3.8) is 0 Å². The number of aliphatic imine (C=N–C) groups is 1. The second-order valence-corrected chi connectivity index (χ2v) is 7.79. The summed E-state index contributed by atoms with van der Waals surface area (Å²) < 4.78 is 5.36. The van der Waals surface area contributed by atoms with Crippen LogP contribution in [0.3, 0.4) is 0 Å². The van der Waals surface area contributed by atoms with Gasteiger partial charge in [-0.05, 0) is 44.2 Å². The molecule has 6 nitrogen and oxygen atoms in total. The molecule has 0 unspecified atom stereocenters. The van der Waals surface area contributed by atoms with Gasteiger partial charge in [-0.3, -0.25) is 9.69 Å². The molecule has 0 saturated heterocycles. The van der Waals surface area contributed by atoms with Crippen LogP contribution in [-0.4, -0.2) is 22.8 Å². The van der Waals surface area contributed by atoms with Crippen LogP contribution < -0.4 is 4.90 Å². The summed E-state index contributed by atoms with van der Waals surface area (Å²) >= 11 is 1.32. The Labute approximate surface area is 178 Å². The van der Waals surface area contributed by atoms with Crippen molar-refractivity contribution in [1.29, 1.82) is 0 Å². The first-order chi connectivity index (χ1) is 14.4. The number of ether oxygens (including phenoxy) is 1. The summed E-state index contributed by atoms with van der Waals surface area (Å²) in [7, 11) is 0. The molecule has 2 heterocycles. The number of aryl methyl sites for hydroxylation is 2. The predicted octanol–water partition coefficient (Wildman–Crippen LogP) is 4.79. The van der Waals surface area contributed by atoms with Gasteiger partial charge < -0.3 is 4.74 Å². The molecule has 0 saturated carbocycles. The van der Waals surface area contributed by atoms with Crippen LogP contribution in [0.4, 0.5) is 10.8 Å². The first-order valence-electron chi connectivity index (χ1n) is 9.33. The number of rotatable bonds is 4. The molecule has 0 N–H and O–H groups in total. The summed E-state index contributed by atoms with van der Waals surface area (Å²) in [6, 6.07) is 15.2. The van der Waals surface area contributed by atoms with Crippen molar-refractivity contribution >= 4 is 46.0 Å². The minimum Gasteiger partial charge on any atom is -0.402 e. The number of hydrogen-bond donors (Lipinski definition) is 0. The van der Waals surface area contributed by atoms with Gasteiger partial charge in [-0.2, -0.15) is 0 Å². The summed E-state index contributed by atoms with van der Waals surface area (Å²) in [6.07, 6.45) is 1.57. The van der Waals surface area contributed by atoms with E-state index in [0.717, 1.165) is 22.4 Å². The Balaban J connectivity index is 1.64. The van der Waals surface area contributed by atoms with Gasteiger partial charge in [0.25, 0.3) is 0 Å². The summed E-state index contributed by atoms with van der Waals surface area (Å²) in [4.78, 5) is 34.9. The van der Waals surface area contributed by atoms with Gasteiger partial charge in [0.1, 0.15) is 0 Å². The Kier molecular flexibility index (Phi) is 5.29. The second kappa shape index (κ2) is 8.04. The quantitative estimate of drug-likeness (QED) is 0.452. The van der Waals surface area contributed by atoms with E-state index in [9.17, 15) is 9.59 Å². The van der Waals surface area contributed by atoms with Crippen molar-refractivity contribution in [2.45, 2.75) is 20.8 Å². The Morgan fingerprint density at radius 1 is 1.10 bits per heavy atom. The molecule has 0 radical (unpaired) electrons. The Morgan fingerprint density at radius 2 is 1.80 bits per heavy atom. The highest BCUT2D eigenvalue weighted by Gasteiger charge is 2.25. The van der Waals surface area contributed by atoms with Crippen LogP contribution in [0.5, 0.6) is 0 Å². The van der Waals surface area contributed by atoms with Crippen molar-refractivity contribution in [1.82, 2.24) is 4.98 Å². The lowest BCUT2D eigenvalue weighted by Gasteiger charge is -2.17. The Hall–Kier alpha value is -3.58. The van der Waals surface area contributed by atoms with Crippen molar-refractivity contribution < 1.29 is 14.3 Å². The molecule has 3 aromatic rings. The maximum absolute atomic E-state index is 12.3. The number of anilines is 2. The van der Waals surface area contributed by atoms with Crippen LogP contribution in [0, 0.1) is 13.8 Å². The molecule has 7 heteroatoms. The molecular weight excluding hydrogens is 398 g/mol. The summed E-state index contributed by atoms with van der Waals surface area (Å²) in [5.41, 5.74) is 4.33. The molecule has 0 fully saturated rings. The molecule has 0 atom stereocenters. The molecule has 0 bridgehead atoms. The highest BCUT2D eigenvalue weighted by molar-refractivity contribution is 7.14. The van der Waals surface area contributed by atoms with E-state index in [1.165, 1.54) is 23.2 Å². The van der Waals surface area contributed by atoms with Crippen LogP contribution >= 0.6 is 11.3 Å². The Morgan fingerprint density at radius 3 is 2.47 bits per heavy atom. The van der Waals surface area contributed by atoms with E-state index < -0.39 is 5.97 Å². The number of cyclic esters (lactones) is 1. The number of esters is 1. The maximum Gasteiger partial charge on any atom is 0.363 e. The highest BCUT2D eigenvalue weighted by atomic mass is 32.1. The fourth-order valence-corrected chi connectivity index (χ4v) is 4.06. The van der Waals surface area contributed by atoms with Crippen molar-refractivity contribution in [3.8, 4) is 0 Å². The normalized spacial score (nSPS) is 14.6. The standard InChI is InChI=1S/C23H19N3O3S/c1-14-9-15(2)11-17(10-14)21-25-20(22(28)29-21)12-18-13-30-23(24-18)26(16(3)27)19-7-5-4-6-8-19/h4-13H,1-3H3. The lowest BCUT2D eigenvalue weighted by Crippen LogP contribution is -2.22. The molecule has 1 amide bonds. The fourth-order valence-electron chi connectivity index (χ4n) is 3.22. The fraction of sp³-hybridized carbons (Fsp3) is 0.130. The zero-order valence-corrected chi connectivity index (χ0v) is 17.6. The van der Waals surface area contributed by atoms with E-state index in [4.69, 9.17) is 4.74 Å². The van der Waals surface area contributed by atoms with E-state index >= 15 is 0 Å². The molecular formula is C23H19N3O3S. The number of para-hydroxylation sites is 1. The summed E-state index contributed by atoms with van der Waals surface area (Å²) in [5.74, 6) is -0.390. The lowest BCUT2D eigenvalue weighted by molar-refractivity contribution is -0.130. The Bertz CT molecular complexity index is 1180. The van der Waals surface area contributed by atoms with E-state index in [-0.39, 0.29) is 17.5 Å². The lowest BCUT2D eigenvalue weighted by atomic mass is 10.1. The van der Waals surface area contributed by atoms with Gasteiger partial charge in [-0.15, -0.1) is 11.3 Å². The van der Waals surface area contributed by atoms with Gasteiger partial charge in [0.2, 0.25) is 11.8 Å². The van der Waals surface area contributed by atoms with Crippen LogP contribution in [0.1, 0.15) is 29.3 Å². The van der Waals surface area contributed by atoms with Crippen LogP contribution in [0.25, 0.3) is 6.08 Å². The number of benzene rings is 2. The van der Waals surface area contributed by atoms with Crippen molar-refractivity contribution in [2.75, 3.05) is 4.90 Å². The van der Waals surface area contributed by atoms with Crippen LogP contribution in [0.2, 0.25) is 0 Å². The van der Waals surface area contributed by atoms with E-state index in [1.54, 1.807) is 11.5 Å². The molecule has 150 valence electrons. The zero-order chi connectivity index (χ0) is 21.3. The van der Waals surface area contributed by atoms with E-state index in [2.05, 4.69) is 9.98 Å². The number of aromatic nitrogens is 1. The molecule has 4 rings (SSSR count). The number of nitrogens with zero attached hydrogens (tertiary/aromatic N) is 3. The van der Waals surface area contributed by atoms with Gasteiger partial charge in [-0.25, -0.2) is 14.8 Å². The molecule has 2 aromatic carbocycles. The van der Waals surface area contributed by atoms with Gasteiger partial charge in [-0.1, -0.05) is 35.4 Å². The smallest absolute Gasteiger partial charge is 0.363 e. The average molecular weight is 417 g/mol. The third-order valence-electron chi connectivity index (χ3n) is 4.40. The molecule has 1 aliphatic heterocycles. The summed E-state index contributed by atoms with van der Waals surface area (Å²) in [6.45, 7) is 5.45. The van der Waals surface area contributed by atoms with Crippen LogP contribution in [-0.2, 0) is 14.3 Å².